The minimum absolute atomic E-state index is 0. The fourth-order valence-electron chi connectivity index (χ4n) is 4.59. The van der Waals surface area contributed by atoms with E-state index in [0.717, 1.165) is 15.9 Å². The van der Waals surface area contributed by atoms with Gasteiger partial charge in [0.2, 0.25) is 0 Å². The molecule has 0 aliphatic rings. The maximum atomic E-state index is 14.0. The zero-order valence-corrected chi connectivity index (χ0v) is 25.2. The highest BCUT2D eigenvalue weighted by atomic mass is 127. The number of hydrogen-bond acceptors (Lipinski definition) is 3. The summed E-state index contributed by atoms with van der Waals surface area (Å²) in [5, 5.41) is 8.99. The van der Waals surface area contributed by atoms with Crippen LogP contribution in [0, 0.1) is 0 Å². The largest absolute Gasteiger partial charge is 1.00 e. The summed E-state index contributed by atoms with van der Waals surface area (Å²) < 4.78 is 0. The number of nitrogens with one attached hydrogen (secondary N) is 2. The van der Waals surface area contributed by atoms with Gasteiger partial charge in [-0.15, -0.1) is 0 Å². The molecule has 7 heteroatoms. The number of rotatable bonds is 8. The summed E-state index contributed by atoms with van der Waals surface area (Å²) in [5.74, 6) is 1.10. The van der Waals surface area contributed by atoms with Crippen molar-refractivity contribution in [3.8, 4) is 0 Å². The van der Waals surface area contributed by atoms with Gasteiger partial charge in [-0.05, 0) is 60.7 Å². The lowest BCUT2D eigenvalue weighted by Gasteiger charge is -2.25. The summed E-state index contributed by atoms with van der Waals surface area (Å²) in [6.07, 6.45) is 0. The maximum Gasteiger partial charge on any atom is 0.275 e. The van der Waals surface area contributed by atoms with Gasteiger partial charge >= 0.3 is 0 Å². The quantitative estimate of drug-likeness (QED) is 0.103. The molecule has 5 rings (SSSR count). The van der Waals surface area contributed by atoms with Crippen LogP contribution in [0.5, 0.6) is 0 Å². The number of nitrogens with two attached hydrogens (primary N) is 1. The molecule has 5 aromatic carbocycles. The lowest BCUT2D eigenvalue weighted by atomic mass is 10.2. The van der Waals surface area contributed by atoms with Gasteiger partial charge in [-0.3, -0.25) is 9.59 Å². The van der Waals surface area contributed by atoms with E-state index in [1.54, 1.807) is 48.5 Å². The molecule has 0 aliphatic carbocycles. The van der Waals surface area contributed by atoms with Crippen molar-refractivity contribution in [1.82, 2.24) is 5.32 Å². The Kier molecular flexibility index (Phi) is 10.1. The first-order valence-electron chi connectivity index (χ1n) is 12.9. The lowest BCUT2D eigenvalue weighted by Crippen LogP contribution is -3.00. The van der Waals surface area contributed by atoms with Crippen LogP contribution in [0.2, 0.25) is 0 Å². The van der Waals surface area contributed by atoms with Crippen molar-refractivity contribution in [3.05, 3.63) is 163 Å². The Balaban J connectivity index is 0.00000387. The molecule has 0 spiro atoms. The molecule has 2 amide bonds. The number of benzene rings is 5. The molecule has 0 atom stereocenters. The van der Waals surface area contributed by atoms with Crippen LogP contribution in [-0.4, -0.2) is 11.8 Å². The Bertz CT molecular complexity index is 1530. The van der Waals surface area contributed by atoms with Crippen LogP contribution in [0.3, 0.4) is 0 Å². The van der Waals surface area contributed by atoms with Crippen molar-refractivity contribution < 1.29 is 33.6 Å². The summed E-state index contributed by atoms with van der Waals surface area (Å²) in [4.78, 5) is 27.4. The zero-order valence-electron chi connectivity index (χ0n) is 22.2. The summed E-state index contributed by atoms with van der Waals surface area (Å²) in [5.41, 5.74) is 7.63. The topological polar surface area (TPSA) is 84.2 Å². The first kappa shape index (κ1) is 29.7. The molecule has 0 saturated carbocycles. The van der Waals surface area contributed by atoms with Gasteiger partial charge in [-0.2, -0.15) is 0 Å². The van der Waals surface area contributed by atoms with E-state index in [1.165, 1.54) is 0 Å². The molecule has 0 aliphatic heterocycles. The van der Waals surface area contributed by atoms with E-state index in [0.29, 0.717) is 16.9 Å². The number of carbonyl (C=O) groups excluding carboxylic acids is 2. The molecule has 0 heterocycles. The highest BCUT2D eigenvalue weighted by molar-refractivity contribution is 7.98. The fourth-order valence-corrected chi connectivity index (χ4v) is 8.42. The smallest absolute Gasteiger partial charge is 0.275 e. The van der Waals surface area contributed by atoms with Gasteiger partial charge in [0.15, 0.2) is 0 Å². The van der Waals surface area contributed by atoms with Gasteiger partial charge in [-0.1, -0.05) is 84.9 Å². The standard InChI is InChI=1S/C34H28N3O2P.HI/c35-30-23-13-14-24-31(30)36-34(39)32(37-33(38)26-15-5-1-6-16-26)25-40(27-17-7-2-8-18-27,28-19-9-3-10-20-28)29-21-11-4-12-22-29;/h1-25H,35H2,(H-,36,37,38,39);1H/b32-25-;. The van der Waals surface area contributed by atoms with Crippen molar-refractivity contribution in [3.63, 3.8) is 0 Å². The van der Waals surface area contributed by atoms with Gasteiger partial charge in [-0.25, -0.2) is 0 Å². The van der Waals surface area contributed by atoms with Crippen LogP contribution in [-0.2, 0) is 4.79 Å². The van der Waals surface area contributed by atoms with Gasteiger partial charge in [0, 0.05) is 5.56 Å². The molecule has 5 aromatic rings. The van der Waals surface area contributed by atoms with E-state index < -0.39 is 13.2 Å². The van der Waals surface area contributed by atoms with Crippen molar-refractivity contribution in [1.29, 1.82) is 0 Å². The average molecular weight is 670 g/mol. The van der Waals surface area contributed by atoms with Crippen LogP contribution in [0.25, 0.3) is 0 Å². The van der Waals surface area contributed by atoms with E-state index in [9.17, 15) is 9.59 Å². The van der Waals surface area contributed by atoms with Crippen LogP contribution in [0.1, 0.15) is 10.4 Å². The number of halogens is 1. The van der Waals surface area contributed by atoms with Crippen molar-refractivity contribution >= 4 is 46.4 Å². The van der Waals surface area contributed by atoms with Crippen LogP contribution in [0.15, 0.2) is 157 Å². The highest BCUT2D eigenvalue weighted by Crippen LogP contribution is 2.57. The third-order valence-corrected chi connectivity index (χ3v) is 10.5. The Hall–Kier alpha value is -4.26. The molecule has 204 valence electrons. The maximum absolute atomic E-state index is 14.0. The van der Waals surface area contributed by atoms with Gasteiger partial charge in [0.25, 0.3) is 11.8 Å². The predicted octanol–water partition coefficient (Wildman–Crippen LogP) is 2.48. The Morgan fingerprint density at radius 1 is 0.585 bits per heavy atom. The minimum atomic E-state index is -2.60. The Morgan fingerprint density at radius 3 is 1.46 bits per heavy atom. The molecule has 5 nitrogen and oxygen atoms in total. The minimum Gasteiger partial charge on any atom is -1.00 e. The van der Waals surface area contributed by atoms with Crippen molar-refractivity contribution in [2.24, 2.45) is 0 Å². The third kappa shape index (κ3) is 6.73. The molecule has 0 unspecified atom stereocenters. The van der Waals surface area contributed by atoms with Crippen LogP contribution in [0.4, 0.5) is 11.4 Å². The van der Waals surface area contributed by atoms with Crippen LogP contribution < -0.4 is 56.3 Å². The number of amides is 2. The molecule has 0 fully saturated rings. The van der Waals surface area contributed by atoms with E-state index in [-0.39, 0.29) is 35.6 Å². The molecule has 4 N–H and O–H groups in total. The zero-order chi connectivity index (χ0) is 27.8. The fraction of sp³-hybridized carbons (Fsp3) is 0. The van der Waals surface area contributed by atoms with E-state index >= 15 is 0 Å². The van der Waals surface area contributed by atoms with Crippen molar-refractivity contribution in [2.75, 3.05) is 11.1 Å². The second-order valence-electron chi connectivity index (χ2n) is 9.13. The number of para-hydroxylation sites is 2. The number of carbonyl (C=O) groups is 2. The molecule has 0 saturated heterocycles. The second-order valence-corrected chi connectivity index (χ2v) is 12.4. The van der Waals surface area contributed by atoms with Gasteiger partial charge in [0.05, 0.1) is 11.4 Å². The molecular weight excluding hydrogens is 640 g/mol. The molecular formula is C34H29IN3O2P. The Morgan fingerprint density at radius 2 is 1.00 bits per heavy atom. The first-order chi connectivity index (χ1) is 19.6. The lowest BCUT2D eigenvalue weighted by molar-refractivity contribution is -0.113. The first-order valence-corrected chi connectivity index (χ1v) is 14.7. The van der Waals surface area contributed by atoms with Crippen LogP contribution >= 0.6 is 7.26 Å². The monoisotopic (exact) mass is 669 g/mol. The normalized spacial score (nSPS) is 11.2. The molecule has 0 aromatic heterocycles. The summed E-state index contributed by atoms with van der Waals surface area (Å²) in [7, 11) is -2.60. The number of hydrogen-bond donors (Lipinski definition) is 3. The average Bonchev–Trinajstić information content (AvgIpc) is 3.02. The second kappa shape index (κ2) is 13.9. The summed E-state index contributed by atoms with van der Waals surface area (Å²) in [6, 6.07) is 46.3. The van der Waals surface area contributed by atoms with Gasteiger partial charge < -0.3 is 40.3 Å². The number of anilines is 2. The highest BCUT2D eigenvalue weighted by Gasteiger charge is 2.45. The van der Waals surface area contributed by atoms with Crippen molar-refractivity contribution in [2.45, 2.75) is 0 Å². The molecule has 0 radical (unpaired) electrons. The summed E-state index contributed by atoms with van der Waals surface area (Å²) >= 11 is 0. The number of nitrogen functional groups attached to an aromatic ring is 1. The molecule has 41 heavy (non-hydrogen) atoms. The summed E-state index contributed by atoms with van der Waals surface area (Å²) in [6.45, 7) is 0. The molecule has 0 bridgehead atoms. The predicted molar refractivity (Wildman–Crippen MR) is 167 cm³/mol. The van der Waals surface area contributed by atoms with Gasteiger partial charge in [0.1, 0.15) is 34.7 Å². The third-order valence-electron chi connectivity index (χ3n) is 6.55. The van der Waals surface area contributed by atoms with E-state index in [2.05, 4.69) is 47.0 Å². The van der Waals surface area contributed by atoms with E-state index in [1.807, 2.05) is 66.5 Å². The van der Waals surface area contributed by atoms with E-state index in [4.69, 9.17) is 5.73 Å². The SMILES string of the molecule is Nc1ccccc1NC(=O)/C(=C/[P+](c1ccccc1)(c1ccccc1)c1ccccc1)NC(=O)c1ccccc1.[I-]. The Labute approximate surface area is 257 Å².